The van der Waals surface area contributed by atoms with Gasteiger partial charge in [-0.15, -0.1) is 11.8 Å². The Morgan fingerprint density at radius 3 is 2.15 bits per heavy atom. The molecule has 0 saturated carbocycles. The summed E-state index contributed by atoms with van der Waals surface area (Å²) < 4.78 is 10.9. The second kappa shape index (κ2) is 35.9. The van der Waals surface area contributed by atoms with Crippen LogP contribution in [0.15, 0.2) is 24.8 Å². The zero-order chi connectivity index (χ0) is 48.4. The lowest BCUT2D eigenvalue weighted by molar-refractivity contribution is -0.140. The highest BCUT2D eigenvalue weighted by molar-refractivity contribution is 8.00. The van der Waals surface area contributed by atoms with Crippen molar-refractivity contribution in [2.24, 2.45) is 5.92 Å². The quantitative estimate of drug-likeness (QED) is 0.0370. The molecule has 373 valence electrons. The number of carboxylic acids is 2. The van der Waals surface area contributed by atoms with Crippen LogP contribution in [0, 0.1) is 5.92 Å². The van der Waals surface area contributed by atoms with E-state index in [0.717, 1.165) is 37.9 Å². The Balaban J connectivity index is 1.40. The fourth-order valence-electron chi connectivity index (χ4n) is 7.34. The summed E-state index contributed by atoms with van der Waals surface area (Å²) in [6, 6.07) is -1.99. The van der Waals surface area contributed by atoms with E-state index < -0.39 is 29.9 Å². The number of aliphatic carboxylic acids is 2. The van der Waals surface area contributed by atoms with Crippen molar-refractivity contribution in [3.8, 4) is 0 Å². The molecule has 1 aromatic heterocycles. The van der Waals surface area contributed by atoms with E-state index >= 15 is 0 Å². The topological polar surface area (TPSA) is 270 Å². The van der Waals surface area contributed by atoms with Gasteiger partial charge in [0.25, 0.3) is 0 Å². The predicted molar refractivity (Wildman–Crippen MR) is 253 cm³/mol. The Hall–Kier alpha value is -4.17. The highest BCUT2D eigenvalue weighted by atomic mass is 32.2. The van der Waals surface area contributed by atoms with Crippen molar-refractivity contribution in [3.05, 3.63) is 30.5 Å². The van der Waals surface area contributed by atoms with E-state index in [9.17, 15) is 38.7 Å². The average Bonchev–Trinajstić information content (AvgIpc) is 3.89. The van der Waals surface area contributed by atoms with Crippen LogP contribution in [0.3, 0.4) is 0 Å². The lowest BCUT2D eigenvalue weighted by Crippen LogP contribution is -2.41. The number of amides is 3. The number of nitrogens with zero attached hydrogens (tertiary/aromatic N) is 2. The molecule has 0 spiro atoms. The van der Waals surface area contributed by atoms with Gasteiger partial charge in [0.1, 0.15) is 18.4 Å². The first-order valence-corrected chi connectivity index (χ1v) is 25.0. The van der Waals surface area contributed by atoms with E-state index in [1.807, 2.05) is 0 Å². The minimum Gasteiger partial charge on any atom is -0.481 e. The molecule has 1 fully saturated rings. The third-order valence-corrected chi connectivity index (χ3v) is 12.7. The first-order chi connectivity index (χ1) is 31.8. The van der Waals surface area contributed by atoms with Crippen molar-refractivity contribution in [3.63, 3.8) is 0 Å². The lowest BCUT2D eigenvalue weighted by Gasteiger charge is -2.17. The lowest BCUT2D eigenvalue weighted by atomic mass is 9.94. The normalized spacial score (nSPS) is 15.1. The molecule has 0 aromatic carbocycles. The van der Waals surface area contributed by atoms with Gasteiger partial charge in [0.05, 0.1) is 44.0 Å². The Morgan fingerprint density at radius 2 is 1.52 bits per heavy atom. The van der Waals surface area contributed by atoms with Crippen LogP contribution in [0.2, 0.25) is 0 Å². The van der Waals surface area contributed by atoms with Crippen LogP contribution < -0.4 is 21.7 Å². The molecule has 66 heavy (non-hydrogen) atoms. The van der Waals surface area contributed by atoms with Gasteiger partial charge in [0, 0.05) is 75.2 Å². The van der Waals surface area contributed by atoms with Crippen LogP contribution in [0.4, 0.5) is 0 Å². The van der Waals surface area contributed by atoms with E-state index in [4.69, 9.17) is 20.3 Å². The predicted octanol–water partition coefficient (Wildman–Crippen LogP) is 5.03. The van der Waals surface area contributed by atoms with Crippen LogP contribution in [0.5, 0.6) is 0 Å². The molecule has 18 nitrogen and oxygen atoms in total. The highest BCUT2D eigenvalue weighted by Crippen LogP contribution is 2.27. The molecular formula is C47H78N7O11S. The van der Waals surface area contributed by atoms with Gasteiger partial charge < -0.3 is 35.3 Å². The minimum atomic E-state index is -1.10. The van der Waals surface area contributed by atoms with Gasteiger partial charge in [-0.25, -0.2) is 10.7 Å². The molecule has 1 aliphatic rings. The monoisotopic (exact) mass is 949 g/mol. The van der Waals surface area contributed by atoms with Crippen molar-refractivity contribution >= 4 is 53.0 Å². The maximum atomic E-state index is 12.9. The number of ketones is 2. The summed E-state index contributed by atoms with van der Waals surface area (Å²) >= 11 is 1.59. The Kier molecular flexibility index (Phi) is 31.6. The number of aromatic nitrogens is 2. The molecule has 2 rings (SSSR count). The van der Waals surface area contributed by atoms with Crippen LogP contribution in [0.1, 0.15) is 141 Å². The zero-order valence-electron chi connectivity index (χ0n) is 39.3. The Labute approximate surface area is 395 Å². The van der Waals surface area contributed by atoms with Crippen LogP contribution in [0.25, 0.3) is 0 Å². The number of unbranched alkanes of at least 4 members (excludes halogenated alkanes) is 13. The summed E-state index contributed by atoms with van der Waals surface area (Å²) in [5.41, 5.74) is 9.41. The van der Waals surface area contributed by atoms with Crippen molar-refractivity contribution in [1.82, 2.24) is 36.6 Å². The summed E-state index contributed by atoms with van der Waals surface area (Å²) in [7, 11) is 0. The molecule has 0 aliphatic carbocycles. The number of Topliss-reactive ketones (excluding diaryl/α,β-unsaturated/α-hetero) is 2. The number of imidazole rings is 1. The van der Waals surface area contributed by atoms with Gasteiger partial charge in [0.15, 0.2) is 5.78 Å². The number of nitrogens with one attached hydrogen (secondary N) is 5. The van der Waals surface area contributed by atoms with Gasteiger partial charge >= 0.3 is 11.9 Å². The number of H-pyrrole nitrogens is 1. The van der Waals surface area contributed by atoms with E-state index in [-0.39, 0.29) is 93.0 Å². The number of hydrogen-bond acceptors (Lipinski definition) is 13. The molecule has 2 heterocycles. The molecular weight excluding hydrogens is 871 g/mol. The Morgan fingerprint density at radius 1 is 0.864 bits per heavy atom. The smallest absolute Gasteiger partial charge is 0.320 e. The number of likely N-dealkylation sites (tertiary alicyclic amines) is 1. The van der Waals surface area contributed by atoms with Gasteiger partial charge in [-0.05, 0) is 37.9 Å². The van der Waals surface area contributed by atoms with Crippen LogP contribution >= 0.6 is 11.8 Å². The second-order valence-electron chi connectivity index (χ2n) is 17.1. The molecule has 4 atom stereocenters. The fourth-order valence-corrected chi connectivity index (χ4v) is 8.52. The molecule has 1 unspecified atom stereocenters. The largest absolute Gasteiger partial charge is 0.481 e. The van der Waals surface area contributed by atoms with Gasteiger partial charge in [-0.3, -0.25) is 43.8 Å². The molecule has 1 aromatic rings. The van der Waals surface area contributed by atoms with Crippen molar-refractivity contribution in [2.45, 2.75) is 159 Å². The van der Waals surface area contributed by atoms with Gasteiger partial charge in [-0.2, -0.15) is 0 Å². The average molecular weight is 949 g/mol. The summed E-state index contributed by atoms with van der Waals surface area (Å²) in [6.45, 7) is 7.19. The maximum Gasteiger partial charge on any atom is 0.320 e. The summed E-state index contributed by atoms with van der Waals surface area (Å²) in [4.78, 5) is 93.0. The Bertz CT molecular complexity index is 1600. The number of aromatic amines is 1. The molecule has 1 radical (unpaired) electrons. The molecule has 7 N–H and O–H groups in total. The first-order valence-electron chi connectivity index (χ1n) is 24.0. The number of rotatable bonds is 44. The standard InChI is InChI=1S/C47H78N7O11S/c1-35(28-40(55)38(48)29-37-31-49-34-53-37)41(56)32-52-39(47(62)63)18-15-16-21-51-43(57)33-65-26-25-64-24-22-50-36(2)20-23-54-44(58)30-42(46(54)61)66-27-17-13-11-9-7-5-3-4-6-8-10-12-14-19-45(59)60/h31,34-35,38-39,42,48,50,52H,2-30,32-33H2,1H3,(H,49,53)(H,51,57)(H,59,60)(H,62,63)/t35-,38-,39-,42?/m0/s1. The van der Waals surface area contributed by atoms with E-state index in [0.29, 0.717) is 56.9 Å². The van der Waals surface area contributed by atoms with Crippen LogP contribution in [-0.2, 0) is 49.5 Å². The van der Waals surface area contributed by atoms with E-state index in [1.54, 1.807) is 24.9 Å². The highest BCUT2D eigenvalue weighted by Gasteiger charge is 2.38. The fraction of sp³-hybridized carbons (Fsp3) is 0.745. The first kappa shape index (κ1) is 58.0. The van der Waals surface area contributed by atoms with Crippen molar-refractivity contribution in [2.75, 3.05) is 58.4 Å². The SMILES string of the molecule is C=C(CCN1C(=O)CC(SCCCCCCCCCCCCCCCC(=O)O)C1=O)NCCOCCOCC(=O)NCCCC[C@H](NCC(=O)[C@@H](C)CC(=O)[C@@H]([NH])Cc1cnc[nH]1)C(=O)O. The third-order valence-electron chi connectivity index (χ3n) is 11.4. The number of carboxylic acid groups (broad SMARTS) is 2. The minimum absolute atomic E-state index is 0.102. The number of carbonyl (C=O) groups is 7. The van der Waals surface area contributed by atoms with Crippen LogP contribution in [-0.4, -0.2) is 142 Å². The summed E-state index contributed by atoms with van der Waals surface area (Å²) in [5, 5.41) is 26.6. The molecule has 1 saturated heterocycles. The molecule has 0 bridgehead atoms. The third kappa shape index (κ3) is 27.5. The second-order valence-corrected chi connectivity index (χ2v) is 18.4. The molecule has 19 heteroatoms. The maximum absolute atomic E-state index is 12.9. The number of ether oxygens (including phenoxy) is 2. The summed E-state index contributed by atoms with van der Waals surface area (Å²) in [5.74, 6) is -2.82. The number of hydrogen-bond donors (Lipinski definition) is 6. The zero-order valence-corrected chi connectivity index (χ0v) is 40.1. The van der Waals surface area contributed by atoms with Gasteiger partial charge in [-0.1, -0.05) is 84.1 Å². The number of imide groups is 1. The summed E-state index contributed by atoms with van der Waals surface area (Å²) in [6.07, 6.45) is 20.3. The van der Waals surface area contributed by atoms with Gasteiger partial charge in [0.2, 0.25) is 17.7 Å². The molecule has 3 amide bonds. The van der Waals surface area contributed by atoms with E-state index in [1.165, 1.54) is 62.6 Å². The van der Waals surface area contributed by atoms with Crippen molar-refractivity contribution < 1.29 is 53.2 Å². The molecule has 1 aliphatic heterocycles. The van der Waals surface area contributed by atoms with E-state index in [2.05, 4.69) is 32.5 Å². The van der Waals surface area contributed by atoms with Crippen molar-refractivity contribution in [1.29, 1.82) is 0 Å². The number of carbonyl (C=O) groups excluding carboxylic acids is 5. The number of thioether (sulfide) groups is 1.